The summed E-state index contributed by atoms with van der Waals surface area (Å²) in [5.41, 5.74) is 2.73. The number of hydrogen-bond acceptors (Lipinski definition) is 3. The lowest BCUT2D eigenvalue weighted by Gasteiger charge is -2.17. The van der Waals surface area contributed by atoms with Gasteiger partial charge in [-0.3, -0.25) is 9.59 Å². The van der Waals surface area contributed by atoms with Crippen LogP contribution in [0.2, 0.25) is 0 Å². The van der Waals surface area contributed by atoms with Crippen LogP contribution in [0.5, 0.6) is 0 Å². The van der Waals surface area contributed by atoms with Gasteiger partial charge in [-0.1, -0.05) is 12.5 Å². The van der Waals surface area contributed by atoms with Crippen LogP contribution in [0.1, 0.15) is 40.7 Å². The van der Waals surface area contributed by atoms with Gasteiger partial charge >= 0.3 is 5.97 Å². The molecule has 1 aliphatic heterocycles. The SMILES string of the molecule is O=C(NC1CCCC1C(=O)O)c1ccc2c(c1)COC2. The number of amides is 1. The lowest BCUT2D eigenvalue weighted by atomic mass is 10.0. The van der Waals surface area contributed by atoms with Gasteiger partial charge in [0.05, 0.1) is 19.1 Å². The number of carboxylic acid groups (broad SMARTS) is 1. The average Bonchev–Trinajstić information content (AvgIpc) is 3.05. The summed E-state index contributed by atoms with van der Waals surface area (Å²) in [5.74, 6) is -1.48. The molecule has 20 heavy (non-hydrogen) atoms. The van der Waals surface area contributed by atoms with E-state index in [4.69, 9.17) is 9.84 Å². The molecule has 1 aromatic carbocycles. The average molecular weight is 275 g/mol. The van der Waals surface area contributed by atoms with Gasteiger partial charge in [-0.2, -0.15) is 0 Å². The Labute approximate surface area is 116 Å². The van der Waals surface area contributed by atoms with E-state index in [1.165, 1.54) is 0 Å². The summed E-state index contributed by atoms with van der Waals surface area (Å²) in [7, 11) is 0. The molecular weight excluding hydrogens is 258 g/mol. The van der Waals surface area contributed by atoms with E-state index in [2.05, 4.69) is 5.32 Å². The number of aliphatic carboxylic acids is 1. The van der Waals surface area contributed by atoms with Gasteiger partial charge in [0, 0.05) is 11.6 Å². The first kappa shape index (κ1) is 13.1. The molecule has 2 atom stereocenters. The molecule has 0 radical (unpaired) electrons. The largest absolute Gasteiger partial charge is 0.481 e. The van der Waals surface area contributed by atoms with Gasteiger partial charge < -0.3 is 15.2 Å². The fourth-order valence-electron chi connectivity index (χ4n) is 2.99. The van der Waals surface area contributed by atoms with Crippen LogP contribution in [0.25, 0.3) is 0 Å². The Balaban J connectivity index is 1.71. The Hall–Kier alpha value is -1.88. The number of carboxylic acids is 1. The van der Waals surface area contributed by atoms with Gasteiger partial charge in [-0.05, 0) is 36.1 Å². The maximum Gasteiger partial charge on any atom is 0.308 e. The van der Waals surface area contributed by atoms with Gasteiger partial charge in [0.15, 0.2) is 0 Å². The molecule has 2 N–H and O–H groups in total. The summed E-state index contributed by atoms with van der Waals surface area (Å²) in [5, 5.41) is 12.0. The van der Waals surface area contributed by atoms with Crippen molar-refractivity contribution in [2.24, 2.45) is 5.92 Å². The second-order valence-electron chi connectivity index (χ2n) is 5.43. The third kappa shape index (κ3) is 2.41. The van der Waals surface area contributed by atoms with Gasteiger partial charge in [0.2, 0.25) is 0 Å². The molecular formula is C15H17NO4. The summed E-state index contributed by atoms with van der Waals surface area (Å²) in [6.45, 7) is 1.14. The second-order valence-corrected chi connectivity index (χ2v) is 5.43. The molecule has 2 aliphatic rings. The molecule has 1 amide bonds. The Morgan fingerprint density at radius 3 is 2.80 bits per heavy atom. The standard InChI is InChI=1S/C15H17NO4/c17-14(16-13-3-1-2-12(13)15(18)19)9-4-5-10-7-20-8-11(10)6-9/h4-6,12-13H,1-3,7-8H2,(H,16,17)(H,18,19). The summed E-state index contributed by atoms with van der Waals surface area (Å²) in [4.78, 5) is 23.3. The monoisotopic (exact) mass is 275 g/mol. The molecule has 1 heterocycles. The van der Waals surface area contributed by atoms with Gasteiger partial charge in [0.1, 0.15) is 0 Å². The molecule has 1 aliphatic carbocycles. The molecule has 2 unspecified atom stereocenters. The summed E-state index contributed by atoms with van der Waals surface area (Å²) in [6, 6.07) is 5.25. The Bertz CT molecular complexity index is 555. The van der Waals surface area contributed by atoms with Crippen LogP contribution in [-0.4, -0.2) is 23.0 Å². The first-order chi connectivity index (χ1) is 9.65. The highest BCUT2D eigenvalue weighted by Crippen LogP contribution is 2.26. The second kappa shape index (κ2) is 5.25. The van der Waals surface area contributed by atoms with Gasteiger partial charge in [0.25, 0.3) is 5.91 Å². The molecule has 0 bridgehead atoms. The lowest BCUT2D eigenvalue weighted by molar-refractivity contribution is -0.142. The minimum Gasteiger partial charge on any atom is -0.481 e. The topological polar surface area (TPSA) is 75.6 Å². The van der Waals surface area contributed by atoms with Gasteiger partial charge in [-0.15, -0.1) is 0 Å². The van der Waals surface area contributed by atoms with Crippen molar-refractivity contribution in [3.63, 3.8) is 0 Å². The van der Waals surface area contributed by atoms with Crippen molar-refractivity contribution >= 4 is 11.9 Å². The van der Waals surface area contributed by atoms with Crippen LogP contribution in [0, 0.1) is 5.92 Å². The normalized spacial score (nSPS) is 24.4. The third-order valence-corrected chi connectivity index (χ3v) is 4.13. The number of rotatable bonds is 3. The van der Waals surface area contributed by atoms with Gasteiger partial charge in [-0.25, -0.2) is 0 Å². The van der Waals surface area contributed by atoms with Crippen molar-refractivity contribution in [3.8, 4) is 0 Å². The van der Waals surface area contributed by atoms with Crippen molar-refractivity contribution in [1.82, 2.24) is 5.32 Å². The van der Waals surface area contributed by atoms with E-state index >= 15 is 0 Å². The quantitative estimate of drug-likeness (QED) is 0.880. The number of nitrogens with one attached hydrogen (secondary N) is 1. The zero-order chi connectivity index (χ0) is 14.1. The van der Waals surface area contributed by atoms with Crippen molar-refractivity contribution in [3.05, 3.63) is 34.9 Å². The highest BCUT2D eigenvalue weighted by Gasteiger charge is 2.34. The number of benzene rings is 1. The van der Waals surface area contributed by atoms with Crippen LogP contribution >= 0.6 is 0 Å². The van der Waals surface area contributed by atoms with E-state index in [1.807, 2.05) is 12.1 Å². The van der Waals surface area contributed by atoms with Crippen LogP contribution in [-0.2, 0) is 22.7 Å². The van der Waals surface area contributed by atoms with E-state index in [9.17, 15) is 9.59 Å². The zero-order valence-corrected chi connectivity index (χ0v) is 11.1. The minimum absolute atomic E-state index is 0.196. The van der Waals surface area contributed by atoms with Crippen LogP contribution in [0.15, 0.2) is 18.2 Å². The maximum absolute atomic E-state index is 12.2. The summed E-state index contributed by atoms with van der Waals surface area (Å²) < 4.78 is 5.32. The molecule has 0 saturated heterocycles. The summed E-state index contributed by atoms with van der Waals surface area (Å²) >= 11 is 0. The predicted octanol–water partition coefficient (Wildman–Crippen LogP) is 1.70. The van der Waals surface area contributed by atoms with E-state index in [-0.39, 0.29) is 11.9 Å². The zero-order valence-electron chi connectivity index (χ0n) is 11.1. The Morgan fingerprint density at radius 1 is 1.20 bits per heavy atom. The highest BCUT2D eigenvalue weighted by molar-refractivity contribution is 5.95. The van der Waals surface area contributed by atoms with E-state index in [1.54, 1.807) is 6.07 Å². The van der Waals surface area contributed by atoms with Crippen molar-refractivity contribution in [2.75, 3.05) is 0 Å². The summed E-state index contributed by atoms with van der Waals surface area (Å²) in [6.07, 6.45) is 2.22. The fraction of sp³-hybridized carbons (Fsp3) is 0.467. The lowest BCUT2D eigenvalue weighted by Crippen LogP contribution is -2.40. The first-order valence-electron chi connectivity index (χ1n) is 6.88. The molecule has 1 aromatic rings. The molecule has 1 fully saturated rings. The van der Waals surface area contributed by atoms with E-state index in [0.717, 1.165) is 24.0 Å². The van der Waals surface area contributed by atoms with Crippen molar-refractivity contribution in [1.29, 1.82) is 0 Å². The third-order valence-electron chi connectivity index (χ3n) is 4.13. The molecule has 106 valence electrons. The molecule has 0 spiro atoms. The molecule has 5 heteroatoms. The van der Waals surface area contributed by atoms with E-state index in [0.29, 0.717) is 25.2 Å². The Morgan fingerprint density at radius 2 is 2.00 bits per heavy atom. The fourth-order valence-corrected chi connectivity index (χ4v) is 2.99. The van der Waals surface area contributed by atoms with Crippen molar-refractivity contribution < 1.29 is 19.4 Å². The molecule has 0 aromatic heterocycles. The maximum atomic E-state index is 12.2. The Kier molecular flexibility index (Phi) is 3.44. The predicted molar refractivity (Wildman–Crippen MR) is 71.2 cm³/mol. The minimum atomic E-state index is -0.824. The molecule has 3 rings (SSSR count). The highest BCUT2D eigenvalue weighted by atomic mass is 16.5. The van der Waals surface area contributed by atoms with Crippen LogP contribution < -0.4 is 5.32 Å². The smallest absolute Gasteiger partial charge is 0.308 e. The number of carbonyl (C=O) groups excluding carboxylic acids is 1. The molecule has 1 saturated carbocycles. The van der Waals surface area contributed by atoms with E-state index < -0.39 is 11.9 Å². The van der Waals surface area contributed by atoms with Crippen molar-refractivity contribution in [2.45, 2.75) is 38.5 Å². The number of carbonyl (C=O) groups is 2. The number of ether oxygens (including phenoxy) is 1. The first-order valence-corrected chi connectivity index (χ1v) is 6.88. The van der Waals surface area contributed by atoms with Crippen LogP contribution in [0.3, 0.4) is 0 Å². The molecule has 5 nitrogen and oxygen atoms in total. The van der Waals surface area contributed by atoms with Crippen LogP contribution in [0.4, 0.5) is 0 Å². The number of hydrogen-bond donors (Lipinski definition) is 2. The number of fused-ring (bicyclic) bond motifs is 1.